The number of ether oxygens (including phenoxy) is 1. The summed E-state index contributed by atoms with van der Waals surface area (Å²) in [6.45, 7) is 9.93. The molecule has 0 aliphatic carbocycles. The van der Waals surface area contributed by atoms with E-state index in [2.05, 4.69) is 22.2 Å². The first-order chi connectivity index (χ1) is 11.3. The SMILES string of the molecule is CC(=O)c1c(C)nn(CC(=O)N[C@@H]2C[C@H]3CO[C@@H](C)CN3C2)c1C. The number of hydrogen-bond donors (Lipinski definition) is 1. The molecule has 0 aromatic carbocycles. The largest absolute Gasteiger partial charge is 0.376 e. The fraction of sp³-hybridized carbons (Fsp3) is 0.706. The summed E-state index contributed by atoms with van der Waals surface area (Å²) in [7, 11) is 0. The quantitative estimate of drug-likeness (QED) is 0.820. The standard InChI is InChI=1S/C17H26N4O3/c1-10-6-20-7-14(5-15(20)9-24-10)18-16(23)8-21-12(3)17(13(4)22)11(2)19-21/h10,14-15H,5-9H2,1-4H3,(H,18,23)/t10-,14+,15-/m0/s1. The van der Waals surface area contributed by atoms with Gasteiger partial charge < -0.3 is 10.1 Å². The Bertz CT molecular complexity index is 655. The summed E-state index contributed by atoms with van der Waals surface area (Å²) < 4.78 is 7.31. The van der Waals surface area contributed by atoms with Crippen LogP contribution in [-0.2, 0) is 16.1 Å². The molecule has 2 saturated heterocycles. The number of aryl methyl sites for hydroxylation is 1. The van der Waals surface area contributed by atoms with Crippen molar-refractivity contribution in [3.63, 3.8) is 0 Å². The molecule has 0 spiro atoms. The number of nitrogens with one attached hydrogen (secondary N) is 1. The maximum absolute atomic E-state index is 12.4. The normalized spacial score (nSPS) is 27.1. The zero-order chi connectivity index (χ0) is 17.4. The molecule has 7 nitrogen and oxygen atoms in total. The van der Waals surface area contributed by atoms with Gasteiger partial charge in [-0.25, -0.2) is 0 Å². The van der Waals surface area contributed by atoms with Crippen LogP contribution < -0.4 is 5.32 Å². The molecule has 0 saturated carbocycles. The third kappa shape index (κ3) is 3.37. The van der Waals surface area contributed by atoms with E-state index in [0.717, 1.165) is 31.8 Å². The Morgan fingerprint density at radius 3 is 2.75 bits per heavy atom. The first kappa shape index (κ1) is 17.1. The van der Waals surface area contributed by atoms with E-state index in [1.54, 1.807) is 11.6 Å². The van der Waals surface area contributed by atoms with Crippen LogP contribution in [0.25, 0.3) is 0 Å². The van der Waals surface area contributed by atoms with Crippen molar-refractivity contribution in [3.8, 4) is 0 Å². The number of carbonyl (C=O) groups is 2. The highest BCUT2D eigenvalue weighted by Crippen LogP contribution is 2.23. The minimum atomic E-state index is -0.0606. The molecule has 1 aromatic heterocycles. The summed E-state index contributed by atoms with van der Waals surface area (Å²) in [6, 6.07) is 0.560. The van der Waals surface area contributed by atoms with Gasteiger partial charge in [-0.05, 0) is 34.1 Å². The molecule has 2 fully saturated rings. The lowest BCUT2D eigenvalue weighted by molar-refractivity contribution is -0.122. The zero-order valence-electron chi connectivity index (χ0n) is 14.8. The van der Waals surface area contributed by atoms with Gasteiger partial charge in [-0.3, -0.25) is 19.2 Å². The fourth-order valence-corrected chi connectivity index (χ4v) is 3.91. The Hall–Kier alpha value is -1.73. The molecule has 7 heteroatoms. The van der Waals surface area contributed by atoms with E-state index < -0.39 is 0 Å². The molecule has 2 aliphatic rings. The lowest BCUT2D eigenvalue weighted by Crippen LogP contribution is -2.45. The van der Waals surface area contributed by atoms with E-state index >= 15 is 0 Å². The van der Waals surface area contributed by atoms with Crippen molar-refractivity contribution in [1.29, 1.82) is 0 Å². The molecule has 3 rings (SSSR count). The van der Waals surface area contributed by atoms with Gasteiger partial charge in [0.2, 0.25) is 5.91 Å². The topological polar surface area (TPSA) is 76.5 Å². The van der Waals surface area contributed by atoms with Crippen molar-refractivity contribution in [2.24, 2.45) is 0 Å². The number of hydrogen-bond acceptors (Lipinski definition) is 5. The molecule has 2 aliphatic heterocycles. The lowest BCUT2D eigenvalue weighted by Gasteiger charge is -2.33. The Labute approximate surface area is 142 Å². The summed E-state index contributed by atoms with van der Waals surface area (Å²) in [4.78, 5) is 26.4. The van der Waals surface area contributed by atoms with Crippen LogP contribution in [0, 0.1) is 13.8 Å². The second-order valence-electron chi connectivity index (χ2n) is 7.01. The van der Waals surface area contributed by atoms with Gasteiger partial charge in [-0.15, -0.1) is 0 Å². The van der Waals surface area contributed by atoms with E-state index in [4.69, 9.17) is 4.74 Å². The Morgan fingerprint density at radius 2 is 2.08 bits per heavy atom. The maximum atomic E-state index is 12.4. The fourth-order valence-electron chi connectivity index (χ4n) is 3.91. The Morgan fingerprint density at radius 1 is 1.33 bits per heavy atom. The molecule has 3 heterocycles. The van der Waals surface area contributed by atoms with Crippen molar-refractivity contribution < 1.29 is 14.3 Å². The number of morpholine rings is 1. The summed E-state index contributed by atoms with van der Waals surface area (Å²) in [5, 5.41) is 7.43. The number of aromatic nitrogens is 2. The number of rotatable bonds is 4. The van der Waals surface area contributed by atoms with E-state index in [-0.39, 0.29) is 30.4 Å². The minimum absolute atomic E-state index is 0.0153. The average Bonchev–Trinajstić information content (AvgIpc) is 2.98. The number of carbonyl (C=O) groups excluding carboxylic acids is 2. The third-order valence-corrected chi connectivity index (χ3v) is 4.98. The number of Topliss-reactive ketones (excluding diaryl/α,β-unsaturated/α-hetero) is 1. The third-order valence-electron chi connectivity index (χ3n) is 4.98. The van der Waals surface area contributed by atoms with Gasteiger partial charge in [0, 0.05) is 30.9 Å². The van der Waals surface area contributed by atoms with Crippen LogP contribution >= 0.6 is 0 Å². The molecule has 24 heavy (non-hydrogen) atoms. The predicted octanol–water partition coefficient (Wildman–Crippen LogP) is 0.680. The van der Waals surface area contributed by atoms with Crippen molar-refractivity contribution in [3.05, 3.63) is 17.0 Å². The van der Waals surface area contributed by atoms with Gasteiger partial charge in [0.05, 0.1) is 24.0 Å². The molecule has 132 valence electrons. The molecule has 0 unspecified atom stereocenters. The van der Waals surface area contributed by atoms with Gasteiger partial charge >= 0.3 is 0 Å². The Kier molecular flexibility index (Phi) is 4.73. The molecular weight excluding hydrogens is 308 g/mol. The highest BCUT2D eigenvalue weighted by atomic mass is 16.5. The van der Waals surface area contributed by atoms with Gasteiger partial charge in [0.15, 0.2) is 5.78 Å². The number of nitrogens with zero attached hydrogens (tertiary/aromatic N) is 3. The van der Waals surface area contributed by atoms with Crippen molar-refractivity contribution in [1.82, 2.24) is 20.0 Å². The predicted molar refractivity (Wildman–Crippen MR) is 89.0 cm³/mol. The first-order valence-corrected chi connectivity index (χ1v) is 8.55. The van der Waals surface area contributed by atoms with Crippen LogP contribution in [0.5, 0.6) is 0 Å². The van der Waals surface area contributed by atoms with E-state index in [1.807, 2.05) is 6.92 Å². The van der Waals surface area contributed by atoms with Crippen LogP contribution in [-0.4, -0.2) is 64.3 Å². The van der Waals surface area contributed by atoms with Crippen molar-refractivity contribution >= 4 is 11.7 Å². The van der Waals surface area contributed by atoms with Crippen LogP contribution in [0.2, 0.25) is 0 Å². The van der Waals surface area contributed by atoms with E-state index in [9.17, 15) is 9.59 Å². The summed E-state index contributed by atoms with van der Waals surface area (Å²) in [5.41, 5.74) is 2.05. The molecule has 1 amide bonds. The average molecular weight is 334 g/mol. The van der Waals surface area contributed by atoms with Gasteiger partial charge in [-0.2, -0.15) is 5.10 Å². The van der Waals surface area contributed by atoms with Gasteiger partial charge in [0.1, 0.15) is 6.54 Å². The zero-order valence-corrected chi connectivity index (χ0v) is 14.8. The highest BCUT2D eigenvalue weighted by Gasteiger charge is 2.36. The van der Waals surface area contributed by atoms with Crippen LogP contribution in [0.4, 0.5) is 0 Å². The second-order valence-corrected chi connectivity index (χ2v) is 7.01. The lowest BCUT2D eigenvalue weighted by atomic mass is 10.1. The molecule has 3 atom stereocenters. The van der Waals surface area contributed by atoms with Crippen LogP contribution in [0.15, 0.2) is 0 Å². The molecular formula is C17H26N4O3. The molecule has 0 radical (unpaired) electrons. The smallest absolute Gasteiger partial charge is 0.242 e. The van der Waals surface area contributed by atoms with E-state index in [1.165, 1.54) is 6.92 Å². The minimum Gasteiger partial charge on any atom is -0.376 e. The summed E-state index contributed by atoms with van der Waals surface area (Å²) in [5.74, 6) is -0.0760. The van der Waals surface area contributed by atoms with Crippen molar-refractivity contribution in [2.75, 3.05) is 19.7 Å². The maximum Gasteiger partial charge on any atom is 0.242 e. The van der Waals surface area contributed by atoms with Crippen LogP contribution in [0.1, 0.15) is 42.0 Å². The highest BCUT2D eigenvalue weighted by molar-refractivity contribution is 5.96. The number of amides is 1. The second kappa shape index (κ2) is 6.64. The number of ketones is 1. The summed E-state index contributed by atoms with van der Waals surface area (Å²) >= 11 is 0. The van der Waals surface area contributed by atoms with E-state index in [0.29, 0.717) is 17.3 Å². The monoisotopic (exact) mass is 334 g/mol. The Balaban J connectivity index is 1.59. The van der Waals surface area contributed by atoms with Gasteiger partial charge in [0.25, 0.3) is 0 Å². The molecule has 1 aromatic rings. The molecule has 0 bridgehead atoms. The first-order valence-electron chi connectivity index (χ1n) is 8.55. The van der Waals surface area contributed by atoms with Crippen molar-refractivity contribution in [2.45, 2.75) is 58.8 Å². The number of fused-ring (bicyclic) bond motifs is 1. The summed E-state index contributed by atoms with van der Waals surface area (Å²) in [6.07, 6.45) is 1.18. The van der Waals surface area contributed by atoms with Gasteiger partial charge in [-0.1, -0.05) is 0 Å². The van der Waals surface area contributed by atoms with Crippen LogP contribution in [0.3, 0.4) is 0 Å². The molecule has 1 N–H and O–H groups in total.